The van der Waals surface area contributed by atoms with Gasteiger partial charge in [0.05, 0.1) is 7.11 Å². The number of rotatable bonds is 4. The van der Waals surface area contributed by atoms with Gasteiger partial charge in [0.25, 0.3) is 5.09 Å². The fraction of sp³-hybridized carbons (Fsp3) is 0.273. The molecule has 5 N–H and O–H groups in total. The van der Waals surface area contributed by atoms with Gasteiger partial charge in [0, 0.05) is 12.1 Å². The van der Waals surface area contributed by atoms with Crippen molar-refractivity contribution in [2.45, 2.75) is 13.3 Å². The standard InChI is InChI=1S/C11H16N4O.HNO3/c1-8(14-15-11(12)13)7-9-5-3-4-6-10(9)16-2;2-1(3)4/h3-6H,7H2,1-2H3,(H4,12,13,15);(H,2,3,4)/b14-8+;. The van der Waals surface area contributed by atoms with Crippen LogP contribution in [0.3, 0.4) is 0 Å². The minimum Gasteiger partial charge on any atom is -0.496 e. The highest BCUT2D eigenvalue weighted by atomic mass is 16.9. The fourth-order valence-corrected chi connectivity index (χ4v) is 1.30. The Labute approximate surface area is 115 Å². The molecule has 1 rings (SSSR count). The van der Waals surface area contributed by atoms with Crippen LogP contribution in [-0.4, -0.2) is 29.1 Å². The largest absolute Gasteiger partial charge is 0.496 e. The average molecular weight is 283 g/mol. The van der Waals surface area contributed by atoms with Crippen LogP contribution in [0.1, 0.15) is 12.5 Å². The van der Waals surface area contributed by atoms with Gasteiger partial charge in [-0.1, -0.05) is 18.2 Å². The number of guanidine groups is 1. The summed E-state index contributed by atoms with van der Waals surface area (Å²) in [6.07, 6.45) is 0.654. The zero-order chi connectivity index (χ0) is 15.5. The minimum absolute atomic E-state index is 0.0422. The molecule has 0 aliphatic rings. The zero-order valence-electron chi connectivity index (χ0n) is 11.2. The summed E-state index contributed by atoms with van der Waals surface area (Å²) in [4.78, 5) is 8.36. The Morgan fingerprint density at radius 3 is 2.45 bits per heavy atom. The van der Waals surface area contributed by atoms with E-state index < -0.39 is 5.09 Å². The Hall–Kier alpha value is -2.84. The summed E-state index contributed by atoms with van der Waals surface area (Å²) < 4.78 is 5.23. The van der Waals surface area contributed by atoms with E-state index in [0.717, 1.165) is 17.0 Å². The lowest BCUT2D eigenvalue weighted by Gasteiger charge is -2.06. The number of hydrogen-bond acceptors (Lipinski definition) is 5. The predicted molar refractivity (Wildman–Crippen MR) is 74.4 cm³/mol. The number of nitrogens with zero attached hydrogens (tertiary/aromatic N) is 3. The Balaban J connectivity index is 0.000000796. The van der Waals surface area contributed by atoms with Crippen LogP contribution in [0.25, 0.3) is 0 Å². The van der Waals surface area contributed by atoms with E-state index in [0.29, 0.717) is 6.42 Å². The van der Waals surface area contributed by atoms with Gasteiger partial charge in [0.1, 0.15) is 5.75 Å². The number of para-hydroxylation sites is 1. The van der Waals surface area contributed by atoms with Crippen molar-refractivity contribution in [1.29, 1.82) is 0 Å². The van der Waals surface area contributed by atoms with Gasteiger partial charge in [-0.15, -0.1) is 15.2 Å². The maximum absolute atomic E-state index is 8.36. The number of benzene rings is 1. The van der Waals surface area contributed by atoms with Gasteiger partial charge < -0.3 is 21.4 Å². The van der Waals surface area contributed by atoms with Crippen molar-refractivity contribution in [2.75, 3.05) is 7.11 Å². The van der Waals surface area contributed by atoms with E-state index in [1.807, 2.05) is 31.2 Å². The van der Waals surface area contributed by atoms with Crippen LogP contribution in [0, 0.1) is 10.1 Å². The highest BCUT2D eigenvalue weighted by molar-refractivity contribution is 5.85. The molecule has 0 atom stereocenters. The first-order valence-electron chi connectivity index (χ1n) is 5.44. The summed E-state index contributed by atoms with van der Waals surface area (Å²) in [5.74, 6) is 0.793. The van der Waals surface area contributed by atoms with Crippen LogP contribution in [0.5, 0.6) is 5.75 Å². The number of methoxy groups -OCH3 is 1. The number of hydrogen-bond donors (Lipinski definition) is 3. The second-order valence-corrected chi connectivity index (χ2v) is 3.59. The molecule has 0 unspecified atom stereocenters. The summed E-state index contributed by atoms with van der Waals surface area (Å²) in [6.45, 7) is 1.86. The van der Waals surface area contributed by atoms with E-state index in [4.69, 9.17) is 31.5 Å². The molecule has 9 nitrogen and oxygen atoms in total. The van der Waals surface area contributed by atoms with Crippen LogP contribution >= 0.6 is 0 Å². The topological polar surface area (TPSA) is 149 Å². The van der Waals surface area contributed by atoms with Crippen molar-refractivity contribution >= 4 is 11.7 Å². The van der Waals surface area contributed by atoms with Gasteiger partial charge in [0.15, 0.2) is 0 Å². The van der Waals surface area contributed by atoms with Gasteiger partial charge >= 0.3 is 0 Å². The Morgan fingerprint density at radius 2 is 1.95 bits per heavy atom. The highest BCUT2D eigenvalue weighted by Crippen LogP contribution is 2.18. The Kier molecular flexibility index (Phi) is 7.84. The lowest BCUT2D eigenvalue weighted by Crippen LogP contribution is -2.22. The van der Waals surface area contributed by atoms with E-state index in [-0.39, 0.29) is 5.96 Å². The first-order chi connectivity index (χ1) is 9.36. The molecule has 0 spiro atoms. The normalized spacial score (nSPS) is 10.0. The van der Waals surface area contributed by atoms with E-state index in [1.54, 1.807) is 7.11 Å². The first kappa shape index (κ1) is 17.2. The third kappa shape index (κ3) is 8.28. The molecule has 1 aromatic rings. The molecule has 0 amide bonds. The number of ether oxygens (including phenoxy) is 1. The van der Waals surface area contributed by atoms with Crippen LogP contribution in [0.4, 0.5) is 0 Å². The first-order valence-corrected chi connectivity index (χ1v) is 5.44. The van der Waals surface area contributed by atoms with E-state index in [2.05, 4.69) is 10.2 Å². The molecule has 0 aliphatic carbocycles. The lowest BCUT2D eigenvalue weighted by molar-refractivity contribution is -0.742. The van der Waals surface area contributed by atoms with Crippen molar-refractivity contribution in [1.82, 2.24) is 0 Å². The SMILES string of the molecule is COc1ccccc1C/C(C)=N/N=C(N)N.O=[N+]([O-])O. The molecule has 0 aromatic heterocycles. The monoisotopic (exact) mass is 283 g/mol. The van der Waals surface area contributed by atoms with Crippen molar-refractivity contribution in [3.05, 3.63) is 39.9 Å². The van der Waals surface area contributed by atoms with Gasteiger partial charge in [-0.3, -0.25) is 0 Å². The molecule has 0 saturated heterocycles. The lowest BCUT2D eigenvalue weighted by atomic mass is 10.1. The van der Waals surface area contributed by atoms with Crippen molar-refractivity contribution in [3.63, 3.8) is 0 Å². The highest BCUT2D eigenvalue weighted by Gasteiger charge is 2.02. The third-order valence-electron chi connectivity index (χ3n) is 1.97. The molecule has 0 heterocycles. The van der Waals surface area contributed by atoms with Crippen LogP contribution < -0.4 is 16.2 Å². The molecule has 0 fully saturated rings. The average Bonchev–Trinajstić information content (AvgIpc) is 2.36. The molecule has 0 saturated carbocycles. The molecular weight excluding hydrogens is 266 g/mol. The van der Waals surface area contributed by atoms with Crippen molar-refractivity contribution in [3.8, 4) is 5.75 Å². The van der Waals surface area contributed by atoms with Crippen LogP contribution in [-0.2, 0) is 6.42 Å². The smallest absolute Gasteiger partial charge is 0.291 e. The maximum atomic E-state index is 8.36. The van der Waals surface area contributed by atoms with Crippen molar-refractivity contribution < 1.29 is 15.0 Å². The Bertz CT molecular complexity index is 493. The Morgan fingerprint density at radius 1 is 1.40 bits per heavy atom. The molecular formula is C11H17N5O4. The molecule has 0 bridgehead atoms. The summed E-state index contributed by atoms with van der Waals surface area (Å²) in [5, 5.41) is 21.1. The van der Waals surface area contributed by atoms with Gasteiger partial charge in [-0.25, -0.2) is 0 Å². The van der Waals surface area contributed by atoms with E-state index >= 15 is 0 Å². The summed E-state index contributed by atoms with van der Waals surface area (Å²) in [5.41, 5.74) is 12.2. The molecule has 1 aromatic carbocycles. The summed E-state index contributed by atoms with van der Waals surface area (Å²) in [7, 11) is 1.64. The summed E-state index contributed by atoms with van der Waals surface area (Å²) >= 11 is 0. The molecule has 110 valence electrons. The van der Waals surface area contributed by atoms with Gasteiger partial charge in [-0.05, 0) is 18.6 Å². The van der Waals surface area contributed by atoms with Gasteiger partial charge in [0.2, 0.25) is 5.96 Å². The molecule has 0 aliphatic heterocycles. The summed E-state index contributed by atoms with van der Waals surface area (Å²) in [6, 6.07) is 7.76. The zero-order valence-corrected chi connectivity index (χ0v) is 11.2. The molecule has 9 heteroatoms. The minimum atomic E-state index is -1.50. The third-order valence-corrected chi connectivity index (χ3v) is 1.97. The second-order valence-electron chi connectivity index (χ2n) is 3.59. The maximum Gasteiger partial charge on any atom is 0.291 e. The van der Waals surface area contributed by atoms with E-state index in [1.165, 1.54) is 0 Å². The molecule has 0 radical (unpaired) electrons. The second kappa shape index (κ2) is 9.14. The predicted octanol–water partition coefficient (Wildman–Crippen LogP) is 0.539. The molecule has 20 heavy (non-hydrogen) atoms. The fourth-order valence-electron chi connectivity index (χ4n) is 1.30. The van der Waals surface area contributed by atoms with Crippen LogP contribution in [0.2, 0.25) is 0 Å². The van der Waals surface area contributed by atoms with Crippen molar-refractivity contribution in [2.24, 2.45) is 21.7 Å². The van der Waals surface area contributed by atoms with Crippen LogP contribution in [0.15, 0.2) is 34.5 Å². The van der Waals surface area contributed by atoms with Gasteiger partial charge in [-0.2, -0.15) is 5.10 Å². The quantitative estimate of drug-likeness (QED) is 0.317. The number of nitrogens with two attached hydrogens (primary N) is 2. The van der Waals surface area contributed by atoms with E-state index in [9.17, 15) is 0 Å².